The molecule has 1 atom stereocenters. The number of imidazole rings is 1. The smallest absolute Gasteiger partial charge is 0.387 e. The highest BCUT2D eigenvalue weighted by Crippen LogP contribution is 2.40. The minimum atomic E-state index is -2.96. The van der Waals surface area contributed by atoms with Gasteiger partial charge in [0.2, 0.25) is 0 Å². The van der Waals surface area contributed by atoms with Crippen LogP contribution in [0, 0.1) is 5.82 Å². The molecule has 0 bridgehead atoms. The number of ether oxygens (including phenoxy) is 2. The summed E-state index contributed by atoms with van der Waals surface area (Å²) < 4.78 is 53.5. The molecule has 1 aliphatic carbocycles. The lowest BCUT2D eigenvalue weighted by atomic mass is 10.0. The lowest BCUT2D eigenvalue weighted by molar-refractivity contribution is -0.0522. The Labute approximate surface area is 187 Å². The minimum absolute atomic E-state index is 0.0340. The molecule has 0 spiro atoms. The average molecular weight is 452 g/mol. The van der Waals surface area contributed by atoms with Gasteiger partial charge in [-0.15, -0.1) is 0 Å². The van der Waals surface area contributed by atoms with Crippen LogP contribution in [0.25, 0.3) is 16.8 Å². The molecule has 0 N–H and O–H groups in total. The molecule has 1 aromatic carbocycles. The van der Waals surface area contributed by atoms with Crippen molar-refractivity contribution in [1.82, 2.24) is 19.4 Å². The SMILES string of the molecule is Fc1cc2nc3c(n2cc1-c1cnc(C2CC2)nc1)[C@@H](c1ccccc1OC(F)F)OCC3. The Morgan fingerprint density at radius 1 is 1.12 bits per heavy atom. The molecule has 0 saturated heterocycles. The molecule has 33 heavy (non-hydrogen) atoms. The second-order valence-electron chi connectivity index (χ2n) is 8.23. The number of para-hydroxylation sites is 1. The van der Waals surface area contributed by atoms with Crippen molar-refractivity contribution < 1.29 is 22.6 Å². The summed E-state index contributed by atoms with van der Waals surface area (Å²) in [5, 5.41) is 0. The lowest BCUT2D eigenvalue weighted by Crippen LogP contribution is -2.20. The molecule has 1 saturated carbocycles. The quantitative estimate of drug-likeness (QED) is 0.423. The summed E-state index contributed by atoms with van der Waals surface area (Å²) in [6.45, 7) is -2.60. The van der Waals surface area contributed by atoms with E-state index in [-0.39, 0.29) is 5.75 Å². The second kappa shape index (κ2) is 7.84. The number of rotatable bonds is 5. The molecule has 4 heterocycles. The topological polar surface area (TPSA) is 61.5 Å². The van der Waals surface area contributed by atoms with E-state index < -0.39 is 18.5 Å². The third-order valence-electron chi connectivity index (χ3n) is 6.04. The Hall–Kier alpha value is -3.46. The average Bonchev–Trinajstić information content (AvgIpc) is 3.60. The van der Waals surface area contributed by atoms with Crippen molar-refractivity contribution in [1.29, 1.82) is 0 Å². The zero-order valence-corrected chi connectivity index (χ0v) is 17.4. The number of fused-ring (bicyclic) bond motifs is 3. The fraction of sp³-hybridized carbons (Fsp3) is 0.292. The van der Waals surface area contributed by atoms with E-state index in [1.807, 2.05) is 0 Å². The minimum Gasteiger partial charge on any atom is -0.434 e. The van der Waals surface area contributed by atoms with Gasteiger partial charge in [-0.2, -0.15) is 8.78 Å². The van der Waals surface area contributed by atoms with Crippen LogP contribution >= 0.6 is 0 Å². The maximum Gasteiger partial charge on any atom is 0.387 e. The molecule has 6 rings (SSSR count). The summed E-state index contributed by atoms with van der Waals surface area (Å²) in [6, 6.07) is 7.88. The summed E-state index contributed by atoms with van der Waals surface area (Å²) >= 11 is 0. The Bertz CT molecular complexity index is 1340. The number of aromatic nitrogens is 4. The van der Waals surface area contributed by atoms with E-state index in [1.54, 1.807) is 41.2 Å². The van der Waals surface area contributed by atoms with Crippen molar-refractivity contribution in [3.63, 3.8) is 0 Å². The molecule has 9 heteroatoms. The zero-order chi connectivity index (χ0) is 22.5. The van der Waals surface area contributed by atoms with Gasteiger partial charge >= 0.3 is 6.61 Å². The molecule has 0 unspecified atom stereocenters. The van der Waals surface area contributed by atoms with Crippen molar-refractivity contribution in [3.05, 3.63) is 77.5 Å². The van der Waals surface area contributed by atoms with Gasteiger partial charge in [0, 0.05) is 53.7 Å². The van der Waals surface area contributed by atoms with Crippen LogP contribution in [0.15, 0.2) is 48.9 Å². The van der Waals surface area contributed by atoms with Crippen LogP contribution < -0.4 is 4.74 Å². The summed E-state index contributed by atoms with van der Waals surface area (Å²) in [5.74, 6) is 0.781. The fourth-order valence-electron chi connectivity index (χ4n) is 4.32. The molecule has 3 aromatic heterocycles. The molecular formula is C24H19F3N4O2. The highest BCUT2D eigenvalue weighted by Gasteiger charge is 2.31. The normalized spacial score (nSPS) is 18.0. The number of alkyl halides is 2. The number of hydrogen-bond acceptors (Lipinski definition) is 5. The Kier molecular flexibility index (Phi) is 4.79. The molecule has 2 aliphatic rings. The maximum atomic E-state index is 15.0. The maximum absolute atomic E-state index is 15.0. The largest absolute Gasteiger partial charge is 0.434 e. The standard InChI is InChI=1S/C24H19F3N4O2/c25-17-9-20-30-18-7-8-32-22(15-3-1-2-4-19(15)33-24(26)27)21(18)31(20)12-16(17)14-10-28-23(29-11-14)13-5-6-13/h1-4,9-13,22,24H,5-8H2/t22-/m1/s1. The third-order valence-corrected chi connectivity index (χ3v) is 6.04. The summed E-state index contributed by atoms with van der Waals surface area (Å²) in [7, 11) is 0. The number of benzene rings is 1. The highest BCUT2D eigenvalue weighted by atomic mass is 19.3. The highest BCUT2D eigenvalue weighted by molar-refractivity contribution is 5.65. The van der Waals surface area contributed by atoms with Crippen LogP contribution in [0.3, 0.4) is 0 Å². The third kappa shape index (κ3) is 3.62. The van der Waals surface area contributed by atoms with E-state index in [4.69, 9.17) is 9.47 Å². The van der Waals surface area contributed by atoms with Crippen LogP contribution in [-0.4, -0.2) is 32.6 Å². The van der Waals surface area contributed by atoms with Gasteiger partial charge in [0.05, 0.1) is 18.0 Å². The first-order valence-electron chi connectivity index (χ1n) is 10.8. The van der Waals surface area contributed by atoms with Crippen LogP contribution in [0.4, 0.5) is 13.2 Å². The first kappa shape index (κ1) is 20.2. The zero-order valence-electron chi connectivity index (χ0n) is 17.4. The first-order chi connectivity index (χ1) is 16.1. The number of hydrogen-bond donors (Lipinski definition) is 0. The van der Waals surface area contributed by atoms with Crippen molar-refractivity contribution >= 4 is 5.65 Å². The Morgan fingerprint density at radius 3 is 2.67 bits per heavy atom. The van der Waals surface area contributed by atoms with E-state index in [2.05, 4.69) is 15.0 Å². The molecule has 1 fully saturated rings. The molecule has 0 amide bonds. The van der Waals surface area contributed by atoms with Crippen molar-refractivity contribution in [2.75, 3.05) is 6.61 Å². The summed E-state index contributed by atoms with van der Waals surface area (Å²) in [5.41, 5.74) is 3.15. The Balaban J connectivity index is 1.47. The van der Waals surface area contributed by atoms with Gasteiger partial charge in [-0.3, -0.25) is 4.40 Å². The lowest BCUT2D eigenvalue weighted by Gasteiger charge is -2.25. The second-order valence-corrected chi connectivity index (χ2v) is 8.23. The fourth-order valence-corrected chi connectivity index (χ4v) is 4.32. The van der Waals surface area contributed by atoms with E-state index in [9.17, 15) is 8.78 Å². The van der Waals surface area contributed by atoms with Crippen LogP contribution in [-0.2, 0) is 11.2 Å². The van der Waals surface area contributed by atoms with E-state index >= 15 is 4.39 Å². The predicted molar refractivity (Wildman–Crippen MR) is 113 cm³/mol. The monoisotopic (exact) mass is 452 g/mol. The number of pyridine rings is 1. The number of nitrogens with zero attached hydrogens (tertiary/aromatic N) is 4. The van der Waals surface area contributed by atoms with Gasteiger partial charge in [-0.05, 0) is 18.9 Å². The number of halogens is 3. The molecular weight excluding hydrogens is 433 g/mol. The van der Waals surface area contributed by atoms with E-state index in [1.165, 1.54) is 12.1 Å². The van der Waals surface area contributed by atoms with Crippen LogP contribution in [0.5, 0.6) is 5.75 Å². The van der Waals surface area contributed by atoms with Crippen LogP contribution in [0.1, 0.15) is 47.6 Å². The molecule has 0 radical (unpaired) electrons. The van der Waals surface area contributed by atoms with Gasteiger partial charge in [0.15, 0.2) is 0 Å². The first-order valence-corrected chi connectivity index (χ1v) is 10.8. The van der Waals surface area contributed by atoms with Crippen molar-refractivity contribution in [2.45, 2.75) is 37.9 Å². The molecule has 4 aromatic rings. The summed E-state index contributed by atoms with van der Waals surface area (Å²) in [6.07, 6.45) is 6.91. The predicted octanol–water partition coefficient (Wildman–Crippen LogP) is 5.07. The molecule has 168 valence electrons. The van der Waals surface area contributed by atoms with Gasteiger partial charge in [0.25, 0.3) is 0 Å². The molecule has 1 aliphatic heterocycles. The van der Waals surface area contributed by atoms with E-state index in [0.717, 1.165) is 24.4 Å². The molecule has 6 nitrogen and oxygen atoms in total. The van der Waals surface area contributed by atoms with Gasteiger partial charge in [-0.1, -0.05) is 18.2 Å². The Morgan fingerprint density at radius 2 is 1.91 bits per heavy atom. The summed E-state index contributed by atoms with van der Waals surface area (Å²) in [4.78, 5) is 13.4. The van der Waals surface area contributed by atoms with Crippen molar-refractivity contribution in [2.24, 2.45) is 0 Å². The van der Waals surface area contributed by atoms with Gasteiger partial charge in [0.1, 0.15) is 29.1 Å². The van der Waals surface area contributed by atoms with E-state index in [0.29, 0.717) is 47.0 Å². The van der Waals surface area contributed by atoms with Crippen molar-refractivity contribution in [3.8, 4) is 16.9 Å². The van der Waals surface area contributed by atoms with Gasteiger partial charge in [-0.25, -0.2) is 19.3 Å². The van der Waals surface area contributed by atoms with Gasteiger partial charge < -0.3 is 9.47 Å². The van der Waals surface area contributed by atoms with Crippen LogP contribution in [0.2, 0.25) is 0 Å².